The predicted molar refractivity (Wildman–Crippen MR) is 77.0 cm³/mol. The van der Waals surface area contributed by atoms with Gasteiger partial charge in [-0.15, -0.1) is 0 Å². The van der Waals surface area contributed by atoms with Crippen LogP contribution in [-0.2, 0) is 23.2 Å². The summed E-state index contributed by atoms with van der Waals surface area (Å²) in [4.78, 5) is 4.70. The van der Waals surface area contributed by atoms with Gasteiger partial charge in [0, 0.05) is 16.8 Å². The van der Waals surface area contributed by atoms with Crippen molar-refractivity contribution in [3.8, 4) is 0 Å². The monoisotopic (exact) mass is 296 g/mol. The van der Waals surface area contributed by atoms with Gasteiger partial charge < -0.3 is 5.73 Å². The van der Waals surface area contributed by atoms with E-state index in [1.807, 2.05) is 18.2 Å². The Bertz CT molecular complexity index is 720. The SMILES string of the molecule is Nc1c2c(nc3ccccc13)CCCC2.O=S(=O)(O)O. The van der Waals surface area contributed by atoms with E-state index in [-0.39, 0.29) is 0 Å². The second-order valence-electron chi connectivity index (χ2n) is 4.62. The number of hydrogen-bond acceptors (Lipinski definition) is 4. The van der Waals surface area contributed by atoms with E-state index < -0.39 is 10.4 Å². The van der Waals surface area contributed by atoms with Crippen molar-refractivity contribution in [2.45, 2.75) is 25.7 Å². The van der Waals surface area contributed by atoms with Crippen LogP contribution >= 0.6 is 0 Å². The maximum atomic E-state index is 8.74. The molecule has 0 fully saturated rings. The number of hydrogen-bond donors (Lipinski definition) is 3. The lowest BCUT2D eigenvalue weighted by molar-refractivity contribution is 0.381. The van der Waals surface area contributed by atoms with Crippen molar-refractivity contribution in [1.29, 1.82) is 0 Å². The molecule has 0 saturated heterocycles. The molecular formula is C13H16N2O4S. The molecule has 1 aromatic carbocycles. The molecular weight excluding hydrogens is 280 g/mol. The maximum Gasteiger partial charge on any atom is 0.394 e. The molecule has 6 nitrogen and oxygen atoms in total. The summed E-state index contributed by atoms with van der Waals surface area (Å²) in [5.41, 5.74) is 10.7. The normalized spacial score (nSPS) is 14.3. The van der Waals surface area contributed by atoms with Crippen LogP contribution in [0.1, 0.15) is 24.1 Å². The van der Waals surface area contributed by atoms with E-state index in [9.17, 15) is 0 Å². The van der Waals surface area contributed by atoms with Crippen molar-refractivity contribution in [2.24, 2.45) is 0 Å². The van der Waals surface area contributed by atoms with Crippen LogP contribution < -0.4 is 5.73 Å². The Kier molecular flexibility index (Phi) is 4.22. The fourth-order valence-corrected chi connectivity index (χ4v) is 2.41. The number of fused-ring (bicyclic) bond motifs is 2. The Morgan fingerprint density at radius 3 is 2.40 bits per heavy atom. The first-order valence-corrected chi connectivity index (χ1v) is 7.62. The van der Waals surface area contributed by atoms with Gasteiger partial charge in [-0.25, -0.2) is 0 Å². The van der Waals surface area contributed by atoms with Crippen LogP contribution in [0.5, 0.6) is 0 Å². The molecule has 20 heavy (non-hydrogen) atoms. The second-order valence-corrected chi connectivity index (χ2v) is 5.52. The van der Waals surface area contributed by atoms with Crippen molar-refractivity contribution < 1.29 is 17.5 Å². The van der Waals surface area contributed by atoms with Gasteiger partial charge in [0.05, 0.1) is 5.52 Å². The van der Waals surface area contributed by atoms with Crippen molar-refractivity contribution in [3.05, 3.63) is 35.5 Å². The Morgan fingerprint density at radius 1 is 1.10 bits per heavy atom. The van der Waals surface area contributed by atoms with Gasteiger partial charge in [0.1, 0.15) is 0 Å². The average Bonchev–Trinajstić information content (AvgIpc) is 2.37. The van der Waals surface area contributed by atoms with Crippen LogP contribution in [0.2, 0.25) is 0 Å². The highest BCUT2D eigenvalue weighted by molar-refractivity contribution is 7.79. The van der Waals surface area contributed by atoms with Crippen LogP contribution in [0.15, 0.2) is 24.3 Å². The molecule has 0 amide bonds. The van der Waals surface area contributed by atoms with E-state index in [1.54, 1.807) is 0 Å². The standard InChI is InChI=1S/C13H14N2.H2O4S/c14-13-9-5-1-3-7-11(9)15-12-8-4-2-6-10(12)13;1-5(2,3)4/h1,3,5,7H,2,4,6,8H2,(H2,14,15);(H2,1,2,3,4). The Balaban J connectivity index is 0.000000257. The van der Waals surface area contributed by atoms with Gasteiger partial charge in [-0.2, -0.15) is 8.42 Å². The quantitative estimate of drug-likeness (QED) is 0.641. The average molecular weight is 296 g/mol. The summed E-state index contributed by atoms with van der Waals surface area (Å²) in [5, 5.41) is 1.11. The molecule has 0 bridgehead atoms. The summed E-state index contributed by atoms with van der Waals surface area (Å²) in [6, 6.07) is 8.15. The highest BCUT2D eigenvalue weighted by Gasteiger charge is 2.15. The largest absolute Gasteiger partial charge is 0.398 e. The number of benzene rings is 1. The summed E-state index contributed by atoms with van der Waals surface area (Å²) in [5.74, 6) is 0. The molecule has 3 rings (SSSR count). The van der Waals surface area contributed by atoms with Crippen molar-refractivity contribution in [2.75, 3.05) is 5.73 Å². The molecule has 0 spiro atoms. The molecule has 2 aromatic rings. The van der Waals surface area contributed by atoms with Crippen molar-refractivity contribution >= 4 is 27.0 Å². The number of pyridine rings is 1. The van der Waals surface area contributed by atoms with Crippen LogP contribution in [0, 0.1) is 0 Å². The number of nitrogens with two attached hydrogens (primary N) is 1. The third kappa shape index (κ3) is 3.66. The first kappa shape index (κ1) is 14.7. The molecule has 108 valence electrons. The maximum absolute atomic E-state index is 8.74. The zero-order valence-corrected chi connectivity index (χ0v) is 11.6. The van der Waals surface area contributed by atoms with Gasteiger partial charge in [0.25, 0.3) is 0 Å². The van der Waals surface area contributed by atoms with Gasteiger partial charge in [0.2, 0.25) is 0 Å². The highest BCUT2D eigenvalue weighted by atomic mass is 32.3. The van der Waals surface area contributed by atoms with E-state index in [0.717, 1.165) is 29.4 Å². The van der Waals surface area contributed by atoms with E-state index in [2.05, 4.69) is 6.07 Å². The second kappa shape index (κ2) is 5.74. The minimum absolute atomic E-state index is 0.954. The zero-order valence-electron chi connectivity index (χ0n) is 10.8. The number of aromatic nitrogens is 1. The van der Waals surface area contributed by atoms with Gasteiger partial charge in [-0.3, -0.25) is 14.1 Å². The molecule has 0 radical (unpaired) electrons. The first-order chi connectivity index (χ1) is 9.36. The van der Waals surface area contributed by atoms with Crippen LogP contribution in [0.25, 0.3) is 10.9 Å². The van der Waals surface area contributed by atoms with Gasteiger partial charge in [-0.05, 0) is 37.3 Å². The fraction of sp³-hybridized carbons (Fsp3) is 0.308. The molecule has 1 aromatic heterocycles. The molecule has 0 aliphatic heterocycles. The number of para-hydroxylation sites is 1. The zero-order chi connectivity index (χ0) is 14.8. The molecule has 7 heteroatoms. The summed E-state index contributed by atoms with van der Waals surface area (Å²) in [6.07, 6.45) is 4.68. The lowest BCUT2D eigenvalue weighted by atomic mass is 9.93. The van der Waals surface area contributed by atoms with E-state index in [1.165, 1.54) is 24.1 Å². The highest BCUT2D eigenvalue weighted by Crippen LogP contribution is 2.30. The first-order valence-electron chi connectivity index (χ1n) is 6.22. The number of aryl methyl sites for hydroxylation is 1. The molecule has 0 unspecified atom stereocenters. The summed E-state index contributed by atoms with van der Waals surface area (Å²) in [7, 11) is -4.67. The Hall–Kier alpha value is -1.70. The number of rotatable bonds is 0. The number of nitrogen functional groups attached to an aromatic ring is 1. The van der Waals surface area contributed by atoms with Crippen LogP contribution in [0.4, 0.5) is 5.69 Å². The molecule has 0 atom stereocenters. The number of anilines is 1. The van der Waals surface area contributed by atoms with Crippen molar-refractivity contribution in [1.82, 2.24) is 4.98 Å². The van der Waals surface area contributed by atoms with E-state index in [4.69, 9.17) is 28.2 Å². The van der Waals surface area contributed by atoms with Gasteiger partial charge >= 0.3 is 10.4 Å². The van der Waals surface area contributed by atoms with E-state index >= 15 is 0 Å². The minimum Gasteiger partial charge on any atom is -0.398 e. The smallest absolute Gasteiger partial charge is 0.394 e. The summed E-state index contributed by atoms with van der Waals surface area (Å²) < 4.78 is 31.6. The molecule has 4 N–H and O–H groups in total. The third-order valence-corrected chi connectivity index (χ3v) is 3.21. The Morgan fingerprint density at radius 2 is 1.70 bits per heavy atom. The van der Waals surface area contributed by atoms with Crippen LogP contribution in [-0.4, -0.2) is 22.5 Å². The lowest BCUT2D eigenvalue weighted by Crippen LogP contribution is -2.09. The third-order valence-electron chi connectivity index (χ3n) is 3.21. The topological polar surface area (TPSA) is 114 Å². The molecule has 1 aliphatic rings. The minimum atomic E-state index is -4.67. The predicted octanol–water partition coefficient (Wildman–Crippen LogP) is 2.04. The van der Waals surface area contributed by atoms with Gasteiger partial charge in [0.15, 0.2) is 0 Å². The summed E-state index contributed by atoms with van der Waals surface area (Å²) in [6.45, 7) is 0. The fourth-order valence-electron chi connectivity index (χ4n) is 2.41. The molecule has 1 aliphatic carbocycles. The van der Waals surface area contributed by atoms with Crippen molar-refractivity contribution in [3.63, 3.8) is 0 Å². The van der Waals surface area contributed by atoms with Gasteiger partial charge in [-0.1, -0.05) is 18.2 Å². The molecule has 1 heterocycles. The van der Waals surface area contributed by atoms with E-state index in [0.29, 0.717) is 0 Å². The Labute approximate surface area is 117 Å². The lowest BCUT2D eigenvalue weighted by Gasteiger charge is -2.18. The summed E-state index contributed by atoms with van der Waals surface area (Å²) >= 11 is 0. The molecule has 0 saturated carbocycles. The number of nitrogens with zero attached hydrogens (tertiary/aromatic N) is 1. The van der Waals surface area contributed by atoms with Crippen LogP contribution in [0.3, 0.4) is 0 Å².